The summed E-state index contributed by atoms with van der Waals surface area (Å²) in [5.74, 6) is 0. The van der Waals surface area contributed by atoms with Crippen molar-refractivity contribution in [2.24, 2.45) is 0 Å². The summed E-state index contributed by atoms with van der Waals surface area (Å²) in [4.78, 5) is 0. The van der Waals surface area contributed by atoms with Crippen LogP contribution in [0.5, 0.6) is 0 Å². The Bertz CT molecular complexity index is 376. The Balaban J connectivity index is 0.000000245. The first-order chi connectivity index (χ1) is 6.86. The second kappa shape index (κ2) is 8.30. The fourth-order valence-electron chi connectivity index (χ4n) is 0.735. The van der Waals surface area contributed by atoms with Crippen LogP contribution in [0.3, 0.4) is 0 Å². The lowest BCUT2D eigenvalue weighted by Gasteiger charge is -1.86. The highest BCUT2D eigenvalue weighted by molar-refractivity contribution is 7.08. The zero-order valence-corrected chi connectivity index (χ0v) is 10.6. The van der Waals surface area contributed by atoms with Gasteiger partial charge in [-0.05, 0) is 22.9 Å². The summed E-state index contributed by atoms with van der Waals surface area (Å²) in [6, 6.07) is 5.86. The molecule has 0 aliphatic carbocycles. The molecule has 0 amide bonds. The van der Waals surface area contributed by atoms with E-state index in [2.05, 4.69) is 10.7 Å². The number of nitriles is 1. The quantitative estimate of drug-likeness (QED) is 0.844. The van der Waals surface area contributed by atoms with Crippen molar-refractivity contribution in [2.45, 2.75) is 0 Å². The Kier molecular flexibility index (Phi) is 7.74. The van der Waals surface area contributed by atoms with Crippen molar-refractivity contribution in [1.29, 1.82) is 5.26 Å². The Morgan fingerprint density at radius 1 is 1.20 bits per heavy atom. The topological polar surface area (TPSA) is 35.8 Å². The van der Waals surface area contributed by atoms with Gasteiger partial charge >= 0.3 is 0 Å². The molecule has 0 aromatic carbocycles. The molecule has 5 heteroatoms. The molecule has 0 saturated heterocycles. The smallest absolute Gasteiger partial charge is 0.1000 e. The highest BCUT2D eigenvalue weighted by Crippen LogP contribution is 2.09. The van der Waals surface area contributed by atoms with Crippen LogP contribution in [0.4, 0.5) is 5.69 Å². The first-order valence-electron chi connectivity index (χ1n) is 3.99. The second-order valence-electron chi connectivity index (χ2n) is 2.39. The summed E-state index contributed by atoms with van der Waals surface area (Å²) in [5, 5.41) is 19.0. The molecule has 0 fully saturated rings. The molecule has 0 bridgehead atoms. The summed E-state index contributed by atoms with van der Waals surface area (Å²) >= 11 is 3.24. The summed E-state index contributed by atoms with van der Waals surface area (Å²) in [7, 11) is 1.92. The van der Waals surface area contributed by atoms with E-state index in [1.54, 1.807) is 28.7 Å². The molecule has 0 atom stereocenters. The van der Waals surface area contributed by atoms with Gasteiger partial charge in [0.2, 0.25) is 0 Å². The number of halogens is 1. The van der Waals surface area contributed by atoms with Gasteiger partial charge in [0.25, 0.3) is 0 Å². The molecule has 0 radical (unpaired) electrons. The van der Waals surface area contributed by atoms with Gasteiger partial charge in [-0.2, -0.15) is 27.9 Å². The average molecular weight is 259 g/mol. The Morgan fingerprint density at radius 3 is 2.13 bits per heavy atom. The Labute approximate surface area is 104 Å². The lowest BCUT2D eigenvalue weighted by Crippen LogP contribution is -1.81. The van der Waals surface area contributed by atoms with E-state index in [1.165, 1.54) is 5.69 Å². The van der Waals surface area contributed by atoms with Crippen molar-refractivity contribution < 1.29 is 0 Å². The van der Waals surface area contributed by atoms with Gasteiger partial charge in [-0.3, -0.25) is 0 Å². The van der Waals surface area contributed by atoms with Gasteiger partial charge in [0.1, 0.15) is 0 Å². The van der Waals surface area contributed by atoms with Crippen molar-refractivity contribution in [1.82, 2.24) is 0 Å². The normalized spacial score (nSPS) is 7.73. The van der Waals surface area contributed by atoms with Gasteiger partial charge in [-0.1, -0.05) is 0 Å². The van der Waals surface area contributed by atoms with Gasteiger partial charge in [0, 0.05) is 23.5 Å². The molecule has 80 valence electrons. The first kappa shape index (κ1) is 14.0. The minimum Gasteiger partial charge on any atom is -0.387 e. The third-order valence-electron chi connectivity index (χ3n) is 1.46. The minimum absolute atomic E-state index is 0. The molecular formula is C10H11ClN2S2. The van der Waals surface area contributed by atoms with Gasteiger partial charge in [-0.15, -0.1) is 12.4 Å². The minimum atomic E-state index is 0. The monoisotopic (exact) mass is 258 g/mol. The summed E-state index contributed by atoms with van der Waals surface area (Å²) in [6.45, 7) is 0. The molecule has 2 aromatic heterocycles. The molecule has 2 nitrogen and oxygen atoms in total. The number of nitrogens with zero attached hydrogens (tertiary/aromatic N) is 1. The van der Waals surface area contributed by atoms with Crippen molar-refractivity contribution in [3.05, 3.63) is 39.2 Å². The molecule has 0 spiro atoms. The molecule has 0 saturated carbocycles. The van der Waals surface area contributed by atoms with E-state index in [1.807, 2.05) is 35.3 Å². The average Bonchev–Trinajstić information content (AvgIpc) is 2.92. The van der Waals surface area contributed by atoms with Crippen molar-refractivity contribution >= 4 is 40.8 Å². The highest BCUT2D eigenvalue weighted by atomic mass is 35.5. The number of anilines is 1. The molecule has 0 aliphatic heterocycles. The lowest BCUT2D eigenvalue weighted by molar-refractivity contribution is 1.51. The number of nitrogens with one attached hydrogen (secondary N) is 1. The third-order valence-corrected chi connectivity index (χ3v) is 2.83. The number of hydrogen-bond donors (Lipinski definition) is 1. The van der Waals surface area contributed by atoms with E-state index in [9.17, 15) is 0 Å². The second-order valence-corrected chi connectivity index (χ2v) is 3.95. The summed E-state index contributed by atoms with van der Waals surface area (Å²) in [6.07, 6.45) is 0. The molecule has 2 heterocycles. The van der Waals surface area contributed by atoms with Crippen molar-refractivity contribution in [2.75, 3.05) is 12.4 Å². The lowest BCUT2D eigenvalue weighted by atomic mass is 10.4. The maximum Gasteiger partial charge on any atom is 0.1000 e. The summed E-state index contributed by atoms with van der Waals surface area (Å²) in [5.41, 5.74) is 1.95. The SMILES string of the molecule is CNc1ccsc1.Cl.N#Cc1ccsc1. The van der Waals surface area contributed by atoms with Gasteiger partial charge in [0.05, 0.1) is 11.6 Å². The van der Waals surface area contributed by atoms with E-state index < -0.39 is 0 Å². The maximum absolute atomic E-state index is 8.18. The number of thiophene rings is 2. The number of rotatable bonds is 1. The zero-order valence-electron chi connectivity index (χ0n) is 8.14. The molecule has 1 N–H and O–H groups in total. The Morgan fingerprint density at radius 2 is 1.87 bits per heavy atom. The van der Waals surface area contributed by atoms with Crippen molar-refractivity contribution in [3.63, 3.8) is 0 Å². The molecule has 15 heavy (non-hydrogen) atoms. The number of hydrogen-bond acceptors (Lipinski definition) is 4. The fourth-order valence-corrected chi connectivity index (χ4v) is 1.96. The third kappa shape index (κ3) is 5.43. The van der Waals surface area contributed by atoms with Gasteiger partial charge < -0.3 is 5.32 Å². The molecule has 0 unspecified atom stereocenters. The first-order valence-corrected chi connectivity index (χ1v) is 5.87. The van der Waals surface area contributed by atoms with E-state index in [0.717, 1.165) is 5.56 Å². The largest absolute Gasteiger partial charge is 0.387 e. The highest BCUT2D eigenvalue weighted by Gasteiger charge is 1.82. The molecule has 0 aliphatic rings. The van der Waals surface area contributed by atoms with Crippen LogP contribution in [0, 0.1) is 11.3 Å². The maximum atomic E-state index is 8.18. The predicted molar refractivity (Wildman–Crippen MR) is 70.1 cm³/mol. The molecule has 2 aromatic rings. The van der Waals surface area contributed by atoms with Crippen LogP contribution in [-0.4, -0.2) is 7.05 Å². The predicted octanol–water partition coefficient (Wildman–Crippen LogP) is 3.83. The molecule has 2 rings (SSSR count). The van der Waals surface area contributed by atoms with Crippen molar-refractivity contribution in [3.8, 4) is 6.07 Å². The van der Waals surface area contributed by atoms with Crippen LogP contribution >= 0.6 is 35.1 Å². The van der Waals surface area contributed by atoms with Gasteiger partial charge in [-0.25, -0.2) is 0 Å². The standard InChI is InChI=1S/C5H7NS.C5H3NS.ClH/c1-6-5-2-3-7-4-5;6-3-5-1-2-7-4-5;/h2-4,6H,1H3;1-2,4H;1H. The van der Waals surface area contributed by atoms with E-state index in [0.29, 0.717) is 0 Å². The van der Waals surface area contributed by atoms with Crippen LogP contribution in [0.25, 0.3) is 0 Å². The van der Waals surface area contributed by atoms with E-state index in [4.69, 9.17) is 5.26 Å². The van der Waals surface area contributed by atoms with E-state index in [-0.39, 0.29) is 12.4 Å². The fraction of sp³-hybridized carbons (Fsp3) is 0.100. The molecular weight excluding hydrogens is 248 g/mol. The van der Waals surface area contributed by atoms with Crippen LogP contribution in [0.15, 0.2) is 33.7 Å². The zero-order chi connectivity index (χ0) is 10.2. The van der Waals surface area contributed by atoms with Crippen LogP contribution in [0.2, 0.25) is 0 Å². The van der Waals surface area contributed by atoms with E-state index >= 15 is 0 Å². The summed E-state index contributed by atoms with van der Waals surface area (Å²) < 4.78 is 0. The van der Waals surface area contributed by atoms with Crippen LogP contribution in [0.1, 0.15) is 5.56 Å². The Hall–Kier alpha value is -1.02. The van der Waals surface area contributed by atoms with Crippen LogP contribution < -0.4 is 5.32 Å². The van der Waals surface area contributed by atoms with Gasteiger partial charge in [0.15, 0.2) is 0 Å². The van der Waals surface area contributed by atoms with Crippen LogP contribution in [-0.2, 0) is 0 Å².